The zero-order valence-electron chi connectivity index (χ0n) is 29.0. The highest BCUT2D eigenvalue weighted by Crippen LogP contribution is 2.63. The molecule has 1 aliphatic heterocycles. The topological polar surface area (TPSA) is 60.8 Å². The van der Waals surface area contributed by atoms with Crippen LogP contribution in [0.3, 0.4) is 0 Å². The van der Waals surface area contributed by atoms with Gasteiger partial charge in [0.1, 0.15) is 11.5 Å². The van der Waals surface area contributed by atoms with E-state index in [9.17, 15) is 0 Å². The highest BCUT2D eigenvalue weighted by Gasteiger charge is 2.52. The van der Waals surface area contributed by atoms with E-state index in [0.29, 0.717) is 17.5 Å². The average molecular weight is 691 g/mol. The van der Waals surface area contributed by atoms with Crippen molar-refractivity contribution in [1.29, 1.82) is 0 Å². The number of hydrogen-bond acceptors (Lipinski definition) is 5. The molecule has 5 nitrogen and oxygen atoms in total. The number of aromatic nitrogens is 4. The van der Waals surface area contributed by atoms with Crippen LogP contribution >= 0.6 is 0 Å². The van der Waals surface area contributed by atoms with Crippen molar-refractivity contribution in [3.05, 3.63) is 204 Å². The highest BCUT2D eigenvalue weighted by molar-refractivity contribution is 5.94. The maximum absolute atomic E-state index is 6.81. The highest BCUT2D eigenvalue weighted by atomic mass is 16.5. The summed E-state index contributed by atoms with van der Waals surface area (Å²) in [5.41, 5.74) is 12.0. The second-order valence-corrected chi connectivity index (χ2v) is 13.8. The van der Waals surface area contributed by atoms with E-state index < -0.39 is 5.41 Å². The van der Waals surface area contributed by atoms with E-state index in [0.717, 1.165) is 61.3 Å². The second kappa shape index (κ2) is 11.9. The Morgan fingerprint density at radius 1 is 0.389 bits per heavy atom. The van der Waals surface area contributed by atoms with Gasteiger partial charge in [-0.1, -0.05) is 152 Å². The molecule has 0 radical (unpaired) electrons. The van der Waals surface area contributed by atoms with Gasteiger partial charge in [-0.05, 0) is 52.1 Å². The van der Waals surface area contributed by atoms with Gasteiger partial charge in [-0.3, -0.25) is 4.98 Å². The third-order valence-corrected chi connectivity index (χ3v) is 10.8. The average Bonchev–Trinajstić information content (AvgIpc) is 3.54. The Morgan fingerprint density at radius 2 is 0.944 bits per heavy atom. The van der Waals surface area contributed by atoms with Crippen LogP contribution in [0, 0.1) is 0 Å². The summed E-state index contributed by atoms with van der Waals surface area (Å²) in [6.07, 6.45) is 1.84. The van der Waals surface area contributed by atoms with Crippen molar-refractivity contribution >= 4 is 10.9 Å². The van der Waals surface area contributed by atoms with Gasteiger partial charge < -0.3 is 4.74 Å². The monoisotopic (exact) mass is 690 g/mol. The molecule has 2 aliphatic rings. The first-order valence-corrected chi connectivity index (χ1v) is 18.1. The first-order chi connectivity index (χ1) is 26.8. The Bertz CT molecular complexity index is 2890. The van der Waals surface area contributed by atoms with Gasteiger partial charge in [-0.15, -0.1) is 0 Å². The number of nitrogens with zero attached hydrogens (tertiary/aromatic N) is 4. The maximum atomic E-state index is 6.81. The molecule has 9 aromatic rings. The van der Waals surface area contributed by atoms with Crippen molar-refractivity contribution in [1.82, 2.24) is 19.9 Å². The summed E-state index contributed by atoms with van der Waals surface area (Å²) in [5, 5.41) is 1.09. The summed E-state index contributed by atoms with van der Waals surface area (Å²) in [7, 11) is 0. The van der Waals surface area contributed by atoms with E-state index in [1.807, 2.05) is 54.7 Å². The summed E-state index contributed by atoms with van der Waals surface area (Å²) >= 11 is 0. The molecule has 1 aliphatic carbocycles. The van der Waals surface area contributed by atoms with Crippen LogP contribution in [0.4, 0.5) is 0 Å². The fourth-order valence-corrected chi connectivity index (χ4v) is 8.61. The number of pyridine rings is 1. The number of benzene rings is 7. The minimum absolute atomic E-state index is 0.581. The van der Waals surface area contributed by atoms with Crippen LogP contribution in [-0.2, 0) is 5.41 Å². The van der Waals surface area contributed by atoms with Crippen LogP contribution in [0.25, 0.3) is 67.3 Å². The van der Waals surface area contributed by atoms with Gasteiger partial charge >= 0.3 is 0 Å². The fraction of sp³-hybridized carbons (Fsp3) is 0.0204. The number of para-hydroxylation sites is 2. The summed E-state index contributed by atoms with van der Waals surface area (Å²) < 4.78 is 6.81. The van der Waals surface area contributed by atoms with Crippen molar-refractivity contribution in [2.24, 2.45) is 0 Å². The Kier molecular flexibility index (Phi) is 6.70. The molecule has 0 saturated carbocycles. The molecule has 54 heavy (non-hydrogen) atoms. The van der Waals surface area contributed by atoms with E-state index in [1.165, 1.54) is 22.3 Å². The van der Waals surface area contributed by atoms with E-state index in [2.05, 4.69) is 127 Å². The molecule has 252 valence electrons. The predicted octanol–water partition coefficient (Wildman–Crippen LogP) is 11.6. The minimum atomic E-state index is -0.672. The van der Waals surface area contributed by atoms with Crippen molar-refractivity contribution in [2.75, 3.05) is 0 Å². The summed E-state index contributed by atoms with van der Waals surface area (Å²) in [4.78, 5) is 20.5. The van der Waals surface area contributed by atoms with Gasteiger partial charge in [0.15, 0.2) is 17.5 Å². The van der Waals surface area contributed by atoms with Crippen molar-refractivity contribution in [3.8, 4) is 67.9 Å². The Labute approximate surface area is 312 Å². The summed E-state index contributed by atoms with van der Waals surface area (Å²) in [5.74, 6) is 3.40. The molecular weight excluding hydrogens is 661 g/mol. The molecule has 0 N–H and O–H groups in total. The normalized spacial score (nSPS) is 13.1. The van der Waals surface area contributed by atoms with Gasteiger partial charge in [0.25, 0.3) is 0 Å². The van der Waals surface area contributed by atoms with Crippen molar-refractivity contribution < 1.29 is 4.74 Å². The van der Waals surface area contributed by atoms with E-state index in [1.54, 1.807) is 0 Å². The molecule has 0 atom stereocenters. The number of hydrogen-bond donors (Lipinski definition) is 0. The SMILES string of the molecule is c1ccc(-c2nc(-c3cccc(-c4cccc5cccnc45)c3)nc(-c3cccc4c3C3(c5ccccc5O4)c4ccccc4-c4ccccc43)n2)cc1. The van der Waals surface area contributed by atoms with Gasteiger partial charge in [0.2, 0.25) is 0 Å². The quantitative estimate of drug-likeness (QED) is 0.184. The van der Waals surface area contributed by atoms with E-state index >= 15 is 0 Å². The molecule has 1 spiro atoms. The van der Waals surface area contributed by atoms with Crippen LogP contribution < -0.4 is 4.74 Å². The van der Waals surface area contributed by atoms with Crippen LogP contribution in [0.1, 0.15) is 22.3 Å². The third-order valence-electron chi connectivity index (χ3n) is 10.8. The van der Waals surface area contributed by atoms with Gasteiger partial charge in [-0.2, -0.15) is 0 Å². The molecular formula is C49H30N4O. The largest absolute Gasteiger partial charge is 0.457 e. The number of fused-ring (bicyclic) bond motifs is 10. The molecule has 0 bridgehead atoms. The molecule has 3 heterocycles. The van der Waals surface area contributed by atoms with E-state index in [-0.39, 0.29) is 0 Å². The fourth-order valence-electron chi connectivity index (χ4n) is 8.61. The Balaban J connectivity index is 1.18. The van der Waals surface area contributed by atoms with Crippen LogP contribution in [-0.4, -0.2) is 19.9 Å². The number of rotatable bonds is 4. The molecule has 0 amide bonds. The molecule has 0 saturated heterocycles. The van der Waals surface area contributed by atoms with Crippen LogP contribution in [0.5, 0.6) is 11.5 Å². The Morgan fingerprint density at radius 3 is 1.76 bits per heavy atom. The lowest BCUT2D eigenvalue weighted by Gasteiger charge is -2.40. The van der Waals surface area contributed by atoms with Crippen LogP contribution in [0.15, 0.2) is 182 Å². The summed E-state index contributed by atoms with van der Waals surface area (Å²) in [6.45, 7) is 0. The van der Waals surface area contributed by atoms with Crippen molar-refractivity contribution in [2.45, 2.75) is 5.41 Å². The van der Waals surface area contributed by atoms with Crippen LogP contribution in [0.2, 0.25) is 0 Å². The lowest BCUT2D eigenvalue weighted by molar-refractivity contribution is 0.437. The maximum Gasteiger partial charge on any atom is 0.164 e. The van der Waals surface area contributed by atoms with Crippen molar-refractivity contribution in [3.63, 3.8) is 0 Å². The van der Waals surface area contributed by atoms with Gasteiger partial charge in [0.05, 0.1) is 10.9 Å². The zero-order chi connectivity index (χ0) is 35.6. The second-order valence-electron chi connectivity index (χ2n) is 13.8. The summed E-state index contributed by atoms with van der Waals surface area (Å²) in [6, 6.07) is 61.1. The first-order valence-electron chi connectivity index (χ1n) is 18.1. The molecule has 0 unspecified atom stereocenters. The smallest absolute Gasteiger partial charge is 0.164 e. The van der Waals surface area contributed by atoms with E-state index in [4.69, 9.17) is 24.7 Å². The minimum Gasteiger partial charge on any atom is -0.457 e. The third kappa shape index (κ3) is 4.45. The zero-order valence-corrected chi connectivity index (χ0v) is 29.0. The molecule has 7 aromatic carbocycles. The standard InChI is InChI=1S/C49H30N4O/c1-2-14-32(15-3-1)46-51-47(34-18-10-17-33(30-34)35-22-11-16-31-19-13-29-50-45(31)35)53-48(52-46)38-23-12-28-43-44(38)49(41-26-8-9-27-42(41)54-43)39-24-6-4-20-36(39)37-21-5-7-25-40(37)49/h1-30H. The van der Waals surface area contributed by atoms with Gasteiger partial charge in [0, 0.05) is 45.0 Å². The molecule has 11 rings (SSSR count). The Hall–Kier alpha value is -7.24. The lowest BCUT2D eigenvalue weighted by atomic mass is 9.64. The lowest BCUT2D eigenvalue weighted by Crippen LogP contribution is -2.33. The molecule has 0 fully saturated rings. The molecule has 2 aromatic heterocycles. The first kappa shape index (κ1) is 30.4. The number of ether oxygens (including phenoxy) is 1. The predicted molar refractivity (Wildman–Crippen MR) is 214 cm³/mol. The van der Waals surface area contributed by atoms with Gasteiger partial charge in [-0.25, -0.2) is 15.0 Å². The molecule has 5 heteroatoms.